The van der Waals surface area contributed by atoms with E-state index in [4.69, 9.17) is 0 Å². The fraction of sp³-hybridized carbons (Fsp3) is 0.625. The van der Waals surface area contributed by atoms with Gasteiger partial charge < -0.3 is 0 Å². The van der Waals surface area contributed by atoms with Gasteiger partial charge >= 0.3 is 0 Å². The lowest BCUT2D eigenvalue weighted by Crippen LogP contribution is -2.40. The fourth-order valence-corrected chi connectivity index (χ4v) is 4.65. The fourth-order valence-electron chi connectivity index (χ4n) is 2.86. The summed E-state index contributed by atoms with van der Waals surface area (Å²) in [6, 6.07) is 7.25. The molecule has 0 bridgehead atoms. The van der Waals surface area contributed by atoms with E-state index >= 15 is 0 Å². The van der Waals surface area contributed by atoms with Crippen molar-refractivity contribution in [3.63, 3.8) is 0 Å². The second-order valence-electron chi connectivity index (χ2n) is 6.69. The van der Waals surface area contributed by atoms with Crippen molar-refractivity contribution in [3.05, 3.63) is 29.8 Å². The third-order valence-corrected chi connectivity index (χ3v) is 7.15. The minimum atomic E-state index is -3.38. The highest BCUT2D eigenvalue weighted by molar-refractivity contribution is 9.08. The molecule has 1 saturated carbocycles. The maximum Gasteiger partial charge on any atom is 0.243 e. The summed E-state index contributed by atoms with van der Waals surface area (Å²) in [7, 11) is -1.66. The van der Waals surface area contributed by atoms with Gasteiger partial charge in [0.05, 0.1) is 4.90 Å². The van der Waals surface area contributed by atoms with Crippen LogP contribution in [0.5, 0.6) is 0 Å². The predicted molar refractivity (Wildman–Crippen MR) is 90.1 cm³/mol. The number of hydrogen-bond acceptors (Lipinski definition) is 2. The standard InChI is InChI=1S/C16H24BrNO2S/c1-16(2)10-8-14(9-11-16)18(3)21(19,20)15-6-4-13(12-17)5-7-15/h4-7,14H,8-12H2,1-3H3. The molecule has 5 heteroatoms. The summed E-state index contributed by atoms with van der Waals surface area (Å²) in [6.07, 6.45) is 4.06. The van der Waals surface area contributed by atoms with Gasteiger partial charge in [0.15, 0.2) is 0 Å². The van der Waals surface area contributed by atoms with Gasteiger partial charge in [-0.15, -0.1) is 0 Å². The van der Waals surface area contributed by atoms with Crippen LogP contribution < -0.4 is 0 Å². The number of hydrogen-bond donors (Lipinski definition) is 0. The van der Waals surface area contributed by atoms with Gasteiger partial charge in [0, 0.05) is 18.4 Å². The SMILES string of the molecule is CN(C1CCC(C)(C)CC1)S(=O)(=O)c1ccc(CBr)cc1. The molecule has 0 spiro atoms. The van der Waals surface area contributed by atoms with E-state index in [1.807, 2.05) is 12.1 Å². The molecule has 3 nitrogen and oxygen atoms in total. The summed E-state index contributed by atoms with van der Waals surface area (Å²) in [5.74, 6) is 0. The molecule has 0 heterocycles. The average Bonchev–Trinajstić information content (AvgIpc) is 2.46. The lowest BCUT2D eigenvalue weighted by atomic mass is 9.76. The highest BCUT2D eigenvalue weighted by Gasteiger charge is 2.33. The van der Waals surface area contributed by atoms with Crippen molar-refractivity contribution in [1.29, 1.82) is 0 Å². The summed E-state index contributed by atoms with van der Waals surface area (Å²) >= 11 is 3.37. The Balaban J connectivity index is 2.15. The first kappa shape index (κ1) is 17.0. The molecule has 1 fully saturated rings. The maximum absolute atomic E-state index is 12.7. The number of sulfonamides is 1. The summed E-state index contributed by atoms with van der Waals surface area (Å²) in [5, 5.41) is 0.737. The van der Waals surface area contributed by atoms with Crippen molar-refractivity contribution < 1.29 is 8.42 Å². The number of alkyl halides is 1. The third kappa shape index (κ3) is 3.88. The van der Waals surface area contributed by atoms with E-state index in [0.717, 1.165) is 36.6 Å². The van der Waals surface area contributed by atoms with Crippen LogP contribution in [-0.4, -0.2) is 25.8 Å². The number of nitrogens with zero attached hydrogens (tertiary/aromatic N) is 1. The van der Waals surface area contributed by atoms with Crippen LogP contribution in [-0.2, 0) is 15.4 Å². The summed E-state index contributed by atoms with van der Waals surface area (Å²) in [6.45, 7) is 4.52. The predicted octanol–water partition coefficient (Wildman–Crippen LogP) is 4.17. The van der Waals surface area contributed by atoms with Crippen molar-refractivity contribution in [2.24, 2.45) is 5.41 Å². The minimum Gasteiger partial charge on any atom is -0.207 e. The van der Waals surface area contributed by atoms with Crippen LogP contribution in [0.4, 0.5) is 0 Å². The van der Waals surface area contributed by atoms with E-state index in [9.17, 15) is 8.42 Å². The maximum atomic E-state index is 12.7. The molecule has 1 aromatic rings. The Labute approximate surface area is 136 Å². The minimum absolute atomic E-state index is 0.124. The first-order chi connectivity index (χ1) is 9.76. The summed E-state index contributed by atoms with van der Waals surface area (Å²) < 4.78 is 27.0. The molecule has 0 aliphatic heterocycles. The van der Waals surface area contributed by atoms with Gasteiger partial charge in [-0.1, -0.05) is 41.9 Å². The molecule has 0 amide bonds. The van der Waals surface area contributed by atoms with Crippen LogP contribution in [0.2, 0.25) is 0 Å². The molecule has 0 aromatic heterocycles. The Hall–Kier alpha value is -0.390. The lowest BCUT2D eigenvalue weighted by molar-refractivity contribution is 0.174. The molecule has 21 heavy (non-hydrogen) atoms. The molecular weight excluding hydrogens is 350 g/mol. The van der Waals surface area contributed by atoms with Crippen molar-refractivity contribution in [1.82, 2.24) is 4.31 Å². The summed E-state index contributed by atoms with van der Waals surface area (Å²) in [5.41, 5.74) is 1.43. The smallest absolute Gasteiger partial charge is 0.207 e. The Kier molecular flexibility index (Phi) is 5.16. The molecule has 0 radical (unpaired) electrons. The van der Waals surface area contributed by atoms with Crippen molar-refractivity contribution in [2.75, 3.05) is 7.05 Å². The lowest BCUT2D eigenvalue weighted by Gasteiger charge is -2.38. The monoisotopic (exact) mass is 373 g/mol. The number of benzene rings is 1. The van der Waals surface area contributed by atoms with Gasteiger partial charge in [0.1, 0.15) is 0 Å². The average molecular weight is 374 g/mol. The van der Waals surface area contributed by atoms with E-state index < -0.39 is 10.0 Å². The zero-order chi connectivity index (χ0) is 15.7. The second-order valence-corrected chi connectivity index (χ2v) is 9.25. The van der Waals surface area contributed by atoms with Crippen LogP contribution in [0, 0.1) is 5.41 Å². The highest BCUT2D eigenvalue weighted by Crippen LogP contribution is 2.37. The Morgan fingerprint density at radius 2 is 1.71 bits per heavy atom. The first-order valence-electron chi connectivity index (χ1n) is 7.39. The molecule has 1 aromatic carbocycles. The van der Waals surface area contributed by atoms with Gasteiger partial charge in [-0.3, -0.25) is 0 Å². The van der Waals surface area contributed by atoms with E-state index in [-0.39, 0.29) is 6.04 Å². The molecule has 1 aliphatic carbocycles. The zero-order valence-corrected chi connectivity index (χ0v) is 15.4. The van der Waals surface area contributed by atoms with Crippen LogP contribution in [0.25, 0.3) is 0 Å². The molecule has 118 valence electrons. The van der Waals surface area contributed by atoms with E-state index in [1.165, 1.54) is 0 Å². The number of halogens is 1. The van der Waals surface area contributed by atoms with Crippen LogP contribution in [0.3, 0.4) is 0 Å². The van der Waals surface area contributed by atoms with Gasteiger partial charge in [0.25, 0.3) is 0 Å². The quantitative estimate of drug-likeness (QED) is 0.742. The van der Waals surface area contributed by atoms with Crippen LogP contribution in [0.15, 0.2) is 29.2 Å². The van der Waals surface area contributed by atoms with Crippen LogP contribution >= 0.6 is 15.9 Å². The van der Waals surface area contributed by atoms with Crippen molar-refractivity contribution in [2.45, 2.75) is 55.8 Å². The van der Waals surface area contributed by atoms with Gasteiger partial charge in [0.2, 0.25) is 10.0 Å². The third-order valence-electron chi connectivity index (χ3n) is 4.58. The first-order valence-corrected chi connectivity index (χ1v) is 9.95. The summed E-state index contributed by atoms with van der Waals surface area (Å²) in [4.78, 5) is 0.388. The molecule has 2 rings (SSSR count). The molecular formula is C16H24BrNO2S. The Morgan fingerprint density at radius 3 is 2.19 bits per heavy atom. The van der Waals surface area contributed by atoms with Gasteiger partial charge in [-0.25, -0.2) is 8.42 Å². The van der Waals surface area contributed by atoms with Gasteiger partial charge in [-0.05, 0) is 48.8 Å². The van der Waals surface area contributed by atoms with Gasteiger partial charge in [-0.2, -0.15) is 4.31 Å². The van der Waals surface area contributed by atoms with E-state index in [0.29, 0.717) is 10.3 Å². The second kappa shape index (κ2) is 6.39. The topological polar surface area (TPSA) is 37.4 Å². The van der Waals surface area contributed by atoms with E-state index in [1.54, 1.807) is 23.5 Å². The normalized spacial score (nSPS) is 19.9. The van der Waals surface area contributed by atoms with Crippen molar-refractivity contribution in [3.8, 4) is 0 Å². The van der Waals surface area contributed by atoms with E-state index in [2.05, 4.69) is 29.8 Å². The Bertz CT molecular complexity index is 571. The largest absolute Gasteiger partial charge is 0.243 e. The Morgan fingerprint density at radius 1 is 1.19 bits per heavy atom. The molecule has 0 saturated heterocycles. The van der Waals surface area contributed by atoms with Crippen LogP contribution in [0.1, 0.15) is 45.1 Å². The number of rotatable bonds is 4. The molecule has 0 N–H and O–H groups in total. The molecule has 0 unspecified atom stereocenters. The molecule has 1 aliphatic rings. The zero-order valence-electron chi connectivity index (χ0n) is 13.0. The van der Waals surface area contributed by atoms with Crippen molar-refractivity contribution >= 4 is 26.0 Å². The molecule has 0 atom stereocenters. The highest BCUT2D eigenvalue weighted by atomic mass is 79.9.